The van der Waals surface area contributed by atoms with E-state index in [4.69, 9.17) is 4.74 Å². The molecule has 0 N–H and O–H groups in total. The predicted molar refractivity (Wildman–Crippen MR) is 127 cm³/mol. The topological polar surface area (TPSA) is 33.0 Å². The van der Waals surface area contributed by atoms with Crippen LogP contribution < -0.4 is 4.74 Å². The third-order valence-electron chi connectivity index (χ3n) is 6.22. The van der Waals surface area contributed by atoms with Gasteiger partial charge in [0, 0.05) is 10.6 Å². The number of rotatable bonds is 10. The van der Waals surface area contributed by atoms with Gasteiger partial charge < -0.3 is 4.74 Å². The van der Waals surface area contributed by atoms with E-state index in [2.05, 4.69) is 62.4 Å². The van der Waals surface area contributed by atoms with Gasteiger partial charge in [0.25, 0.3) is 0 Å². The minimum absolute atomic E-state index is 0.629. The van der Waals surface area contributed by atoms with Crippen molar-refractivity contribution in [2.45, 2.75) is 81.8 Å². The van der Waals surface area contributed by atoms with E-state index in [1.54, 1.807) is 11.8 Å². The Balaban J connectivity index is 1.56. The minimum Gasteiger partial charge on any atom is -0.494 e. The Labute approximate surface area is 187 Å². The van der Waals surface area contributed by atoms with Gasteiger partial charge in [0.15, 0.2) is 0 Å². The van der Waals surface area contributed by atoms with Gasteiger partial charge in [0.1, 0.15) is 11.8 Å². The second-order valence-electron chi connectivity index (χ2n) is 8.51. The summed E-state index contributed by atoms with van der Waals surface area (Å²) in [5, 5.41) is 9.71. The van der Waals surface area contributed by atoms with Gasteiger partial charge in [-0.05, 0) is 79.3 Å². The Kier molecular flexibility index (Phi) is 9.15. The lowest BCUT2D eigenvalue weighted by Gasteiger charge is -2.28. The Morgan fingerprint density at radius 1 is 1.00 bits per heavy atom. The van der Waals surface area contributed by atoms with Gasteiger partial charge in [-0.1, -0.05) is 51.3 Å². The number of nitriles is 1. The molecule has 3 heteroatoms. The van der Waals surface area contributed by atoms with Gasteiger partial charge in [0.2, 0.25) is 0 Å². The fourth-order valence-corrected chi connectivity index (χ4v) is 5.32. The van der Waals surface area contributed by atoms with E-state index in [1.807, 2.05) is 0 Å². The number of ether oxygens (including phenoxy) is 1. The number of benzene rings is 2. The quantitative estimate of drug-likeness (QED) is 0.287. The van der Waals surface area contributed by atoms with Gasteiger partial charge >= 0.3 is 0 Å². The van der Waals surface area contributed by atoms with E-state index in [0.29, 0.717) is 5.92 Å². The number of hydrogen-bond donors (Lipinski definition) is 0. The summed E-state index contributed by atoms with van der Waals surface area (Å²) in [5.74, 6) is 3.35. The Morgan fingerprint density at radius 2 is 1.77 bits per heavy atom. The smallest absolute Gasteiger partial charge is 0.119 e. The molecular formula is C27H35NOS. The van der Waals surface area contributed by atoms with Gasteiger partial charge in [0.05, 0.1) is 12.2 Å². The van der Waals surface area contributed by atoms with Crippen LogP contribution in [0, 0.1) is 17.2 Å². The summed E-state index contributed by atoms with van der Waals surface area (Å²) in [6.07, 6.45) is 10.1. The fraction of sp³-hybridized carbons (Fsp3) is 0.519. The molecule has 1 saturated carbocycles. The molecule has 1 aliphatic rings. The minimum atomic E-state index is 0.629. The SMILES string of the molecule is CCCCOc1ccc(CSc2ccc(C3CCC(CCC)CC3)cc2C#N)cc1. The van der Waals surface area contributed by atoms with Crippen LogP contribution in [0.5, 0.6) is 5.75 Å². The third-order valence-corrected chi connectivity index (χ3v) is 7.37. The highest BCUT2D eigenvalue weighted by Crippen LogP contribution is 2.39. The molecule has 2 aromatic rings. The molecule has 1 aliphatic carbocycles. The molecule has 2 nitrogen and oxygen atoms in total. The van der Waals surface area contributed by atoms with E-state index in [9.17, 15) is 5.26 Å². The van der Waals surface area contributed by atoms with Crippen LogP contribution in [0.15, 0.2) is 47.4 Å². The molecule has 0 bridgehead atoms. The predicted octanol–water partition coefficient (Wildman–Crippen LogP) is 8.10. The molecule has 0 aliphatic heterocycles. The van der Waals surface area contributed by atoms with E-state index >= 15 is 0 Å². The summed E-state index contributed by atoms with van der Waals surface area (Å²) in [5.41, 5.74) is 3.44. The summed E-state index contributed by atoms with van der Waals surface area (Å²) in [6.45, 7) is 5.24. The number of nitrogens with zero attached hydrogens (tertiary/aromatic N) is 1. The Hall–Kier alpha value is -1.92. The average molecular weight is 422 g/mol. The Morgan fingerprint density at radius 3 is 2.43 bits per heavy atom. The van der Waals surface area contributed by atoms with Crippen molar-refractivity contribution in [3.05, 3.63) is 59.2 Å². The molecule has 3 rings (SSSR count). The van der Waals surface area contributed by atoms with Crippen LogP contribution in [0.1, 0.15) is 87.8 Å². The maximum absolute atomic E-state index is 9.71. The molecule has 0 amide bonds. The molecular weight excluding hydrogens is 386 g/mol. The fourth-order valence-electron chi connectivity index (χ4n) is 4.38. The second-order valence-corrected chi connectivity index (χ2v) is 9.53. The molecule has 30 heavy (non-hydrogen) atoms. The van der Waals surface area contributed by atoms with Crippen molar-refractivity contribution in [1.29, 1.82) is 5.26 Å². The van der Waals surface area contributed by atoms with Crippen molar-refractivity contribution in [3.63, 3.8) is 0 Å². The Bertz CT molecular complexity index is 816. The van der Waals surface area contributed by atoms with Gasteiger partial charge in [-0.15, -0.1) is 11.8 Å². The van der Waals surface area contributed by atoms with Crippen molar-refractivity contribution in [2.24, 2.45) is 5.92 Å². The number of hydrogen-bond acceptors (Lipinski definition) is 3. The third kappa shape index (κ3) is 6.54. The molecule has 0 saturated heterocycles. The zero-order valence-electron chi connectivity index (χ0n) is 18.5. The summed E-state index contributed by atoms with van der Waals surface area (Å²) >= 11 is 1.75. The largest absolute Gasteiger partial charge is 0.494 e. The second kappa shape index (κ2) is 12.1. The lowest BCUT2D eigenvalue weighted by atomic mass is 9.77. The molecule has 0 heterocycles. The first-order valence-corrected chi connectivity index (χ1v) is 12.6. The molecule has 0 unspecified atom stereocenters. The van der Waals surface area contributed by atoms with Crippen molar-refractivity contribution in [2.75, 3.05) is 6.61 Å². The summed E-state index contributed by atoms with van der Waals surface area (Å²) in [4.78, 5) is 1.09. The van der Waals surface area contributed by atoms with Gasteiger partial charge in [-0.3, -0.25) is 0 Å². The molecule has 1 fully saturated rings. The highest BCUT2D eigenvalue weighted by atomic mass is 32.2. The summed E-state index contributed by atoms with van der Waals surface area (Å²) < 4.78 is 5.74. The maximum Gasteiger partial charge on any atom is 0.119 e. The van der Waals surface area contributed by atoms with Gasteiger partial charge in [-0.25, -0.2) is 0 Å². The van der Waals surface area contributed by atoms with Crippen molar-refractivity contribution < 1.29 is 4.74 Å². The monoisotopic (exact) mass is 421 g/mol. The lowest BCUT2D eigenvalue weighted by Crippen LogP contribution is -2.13. The first kappa shape index (κ1) is 22.8. The molecule has 0 spiro atoms. The molecule has 0 atom stereocenters. The molecule has 0 aromatic heterocycles. The first-order chi connectivity index (χ1) is 14.7. The number of unbranched alkanes of at least 4 members (excludes halogenated alkanes) is 1. The van der Waals surface area contributed by atoms with E-state index in [1.165, 1.54) is 49.7 Å². The van der Waals surface area contributed by atoms with E-state index < -0.39 is 0 Å². The number of thioether (sulfide) groups is 1. The zero-order chi connectivity index (χ0) is 21.2. The normalized spacial score (nSPS) is 18.7. The van der Waals surface area contributed by atoms with Gasteiger partial charge in [-0.2, -0.15) is 5.26 Å². The van der Waals surface area contributed by atoms with Crippen LogP contribution in [0.2, 0.25) is 0 Å². The zero-order valence-corrected chi connectivity index (χ0v) is 19.3. The molecule has 0 radical (unpaired) electrons. The van der Waals surface area contributed by atoms with Crippen LogP contribution in [-0.4, -0.2) is 6.61 Å². The average Bonchev–Trinajstić information content (AvgIpc) is 2.79. The highest BCUT2D eigenvalue weighted by Gasteiger charge is 2.22. The highest BCUT2D eigenvalue weighted by molar-refractivity contribution is 7.98. The summed E-state index contributed by atoms with van der Waals surface area (Å²) in [7, 11) is 0. The van der Waals surface area contributed by atoms with Crippen LogP contribution in [0.25, 0.3) is 0 Å². The van der Waals surface area contributed by atoms with Crippen LogP contribution in [0.3, 0.4) is 0 Å². The molecule has 160 valence electrons. The van der Waals surface area contributed by atoms with Crippen LogP contribution in [0.4, 0.5) is 0 Å². The van der Waals surface area contributed by atoms with Crippen molar-refractivity contribution in [1.82, 2.24) is 0 Å². The van der Waals surface area contributed by atoms with Crippen LogP contribution >= 0.6 is 11.8 Å². The maximum atomic E-state index is 9.71. The van der Waals surface area contributed by atoms with Crippen LogP contribution in [-0.2, 0) is 5.75 Å². The van der Waals surface area contributed by atoms with E-state index in [-0.39, 0.29) is 0 Å². The van der Waals surface area contributed by atoms with Crippen molar-refractivity contribution in [3.8, 4) is 11.8 Å². The first-order valence-electron chi connectivity index (χ1n) is 11.6. The van der Waals surface area contributed by atoms with E-state index in [0.717, 1.165) is 47.3 Å². The standard InChI is InChI=1S/C27H35NOS/c1-3-5-17-29-26-14-9-22(10-15-26)20-30-27-16-13-24(18-25(27)19-28)23-11-7-21(6-4-2)8-12-23/h9-10,13-16,18,21,23H,3-8,11-12,17,20H2,1-2H3. The lowest BCUT2D eigenvalue weighted by molar-refractivity contribution is 0.308. The summed E-state index contributed by atoms with van der Waals surface area (Å²) in [6, 6.07) is 17.4. The molecule has 2 aromatic carbocycles. The van der Waals surface area contributed by atoms with Crippen molar-refractivity contribution >= 4 is 11.8 Å².